The standard InChI is InChI=1S/C8H12NO/c1-4-6-9(7-5-2)8(3)10/h4-5H,1-3,6-7H2. The van der Waals surface area contributed by atoms with Gasteiger partial charge in [0.2, 0.25) is 5.91 Å². The third kappa shape index (κ3) is 3.07. The molecule has 0 aromatic heterocycles. The van der Waals surface area contributed by atoms with E-state index in [4.69, 9.17) is 0 Å². The summed E-state index contributed by atoms with van der Waals surface area (Å²) in [6.07, 6.45) is 3.32. The molecule has 1 amide bonds. The molecule has 10 heavy (non-hydrogen) atoms. The topological polar surface area (TPSA) is 20.3 Å². The second-order valence-electron chi connectivity index (χ2n) is 1.88. The van der Waals surface area contributed by atoms with E-state index in [1.807, 2.05) is 0 Å². The zero-order chi connectivity index (χ0) is 7.98. The van der Waals surface area contributed by atoms with Gasteiger partial charge in [-0.1, -0.05) is 12.2 Å². The van der Waals surface area contributed by atoms with Crippen LogP contribution in [0.15, 0.2) is 25.3 Å². The Morgan fingerprint density at radius 3 is 1.90 bits per heavy atom. The van der Waals surface area contributed by atoms with Crippen LogP contribution in [0.5, 0.6) is 0 Å². The second-order valence-corrected chi connectivity index (χ2v) is 1.88. The average molecular weight is 138 g/mol. The van der Waals surface area contributed by atoms with Crippen molar-refractivity contribution in [2.75, 3.05) is 13.1 Å². The lowest BCUT2D eigenvalue weighted by molar-refractivity contribution is -0.125. The Kier molecular flexibility index (Phi) is 4.29. The van der Waals surface area contributed by atoms with E-state index in [0.717, 1.165) is 0 Å². The number of nitrogens with zero attached hydrogens (tertiary/aromatic N) is 1. The van der Waals surface area contributed by atoms with Gasteiger partial charge in [-0.15, -0.1) is 13.2 Å². The van der Waals surface area contributed by atoms with E-state index in [1.54, 1.807) is 17.1 Å². The number of amides is 1. The molecule has 0 spiro atoms. The Morgan fingerprint density at radius 1 is 1.30 bits per heavy atom. The monoisotopic (exact) mass is 138 g/mol. The van der Waals surface area contributed by atoms with E-state index in [9.17, 15) is 4.79 Å². The molecule has 0 fully saturated rings. The van der Waals surface area contributed by atoms with Gasteiger partial charge in [0.25, 0.3) is 0 Å². The normalized spacial score (nSPS) is 8.50. The summed E-state index contributed by atoms with van der Waals surface area (Å²) in [5.74, 6) is -0.195. The summed E-state index contributed by atoms with van der Waals surface area (Å²) in [6, 6.07) is 0. The SMILES string of the molecule is [CH2]C(=O)N(CC=C)CC=C. The number of hydrogen-bond donors (Lipinski definition) is 0. The second kappa shape index (κ2) is 4.79. The molecule has 0 saturated heterocycles. The van der Waals surface area contributed by atoms with Crippen molar-refractivity contribution in [2.45, 2.75) is 0 Å². The van der Waals surface area contributed by atoms with Crippen LogP contribution in [0.2, 0.25) is 0 Å². The first-order chi connectivity index (χ1) is 4.72. The van der Waals surface area contributed by atoms with Gasteiger partial charge in [-0.05, 0) is 0 Å². The van der Waals surface area contributed by atoms with E-state index >= 15 is 0 Å². The van der Waals surface area contributed by atoms with Crippen LogP contribution >= 0.6 is 0 Å². The van der Waals surface area contributed by atoms with Crippen LogP contribution in [0.4, 0.5) is 0 Å². The Bertz CT molecular complexity index is 130. The molecule has 0 bridgehead atoms. The van der Waals surface area contributed by atoms with Gasteiger partial charge in [0.15, 0.2) is 0 Å². The maximum Gasteiger partial charge on any atom is 0.223 e. The molecule has 0 N–H and O–H groups in total. The van der Waals surface area contributed by atoms with Crippen LogP contribution in [0.3, 0.4) is 0 Å². The fraction of sp³-hybridized carbons (Fsp3) is 0.250. The highest BCUT2D eigenvalue weighted by Crippen LogP contribution is 1.88. The van der Waals surface area contributed by atoms with E-state index in [1.165, 1.54) is 0 Å². The van der Waals surface area contributed by atoms with Gasteiger partial charge in [0, 0.05) is 20.0 Å². The first kappa shape index (κ1) is 8.95. The molecule has 0 aliphatic carbocycles. The van der Waals surface area contributed by atoms with Crippen LogP contribution in [0.1, 0.15) is 0 Å². The molecule has 0 aromatic carbocycles. The Morgan fingerprint density at radius 2 is 1.70 bits per heavy atom. The summed E-state index contributed by atoms with van der Waals surface area (Å²) in [5.41, 5.74) is 0. The number of rotatable bonds is 4. The summed E-state index contributed by atoms with van der Waals surface area (Å²) in [6.45, 7) is 11.4. The Balaban J connectivity index is 3.83. The van der Waals surface area contributed by atoms with Crippen LogP contribution in [-0.2, 0) is 4.79 Å². The zero-order valence-corrected chi connectivity index (χ0v) is 6.05. The van der Waals surface area contributed by atoms with Crippen molar-refractivity contribution in [3.63, 3.8) is 0 Å². The van der Waals surface area contributed by atoms with Gasteiger partial charge in [0.05, 0.1) is 0 Å². The molecule has 0 heterocycles. The van der Waals surface area contributed by atoms with Gasteiger partial charge in [0.1, 0.15) is 0 Å². The molecule has 2 nitrogen and oxygen atoms in total. The summed E-state index contributed by atoms with van der Waals surface area (Å²) in [7, 11) is 0. The maximum absolute atomic E-state index is 10.6. The number of carbonyl (C=O) groups is 1. The summed E-state index contributed by atoms with van der Waals surface area (Å²) >= 11 is 0. The zero-order valence-electron chi connectivity index (χ0n) is 6.05. The van der Waals surface area contributed by atoms with Crippen molar-refractivity contribution in [1.29, 1.82) is 0 Å². The molecule has 0 aromatic rings. The van der Waals surface area contributed by atoms with Gasteiger partial charge in [-0.2, -0.15) is 0 Å². The maximum atomic E-state index is 10.6. The molecule has 0 atom stereocenters. The van der Waals surface area contributed by atoms with Crippen molar-refractivity contribution in [3.8, 4) is 0 Å². The third-order valence-corrected chi connectivity index (χ3v) is 1.05. The summed E-state index contributed by atoms with van der Waals surface area (Å²) < 4.78 is 0. The van der Waals surface area contributed by atoms with Crippen molar-refractivity contribution < 1.29 is 4.79 Å². The van der Waals surface area contributed by atoms with Crippen molar-refractivity contribution in [1.82, 2.24) is 4.90 Å². The van der Waals surface area contributed by atoms with Gasteiger partial charge >= 0.3 is 0 Å². The molecule has 0 rings (SSSR count). The van der Waals surface area contributed by atoms with E-state index in [-0.39, 0.29) is 5.91 Å². The first-order valence-electron chi connectivity index (χ1n) is 3.05. The van der Waals surface area contributed by atoms with Gasteiger partial charge in [-0.25, -0.2) is 0 Å². The highest BCUT2D eigenvalue weighted by atomic mass is 16.2. The first-order valence-corrected chi connectivity index (χ1v) is 3.05. The van der Waals surface area contributed by atoms with E-state index in [0.29, 0.717) is 13.1 Å². The molecule has 55 valence electrons. The number of carbonyl (C=O) groups excluding carboxylic acids is 1. The molecule has 0 saturated carbocycles. The lowest BCUT2D eigenvalue weighted by Gasteiger charge is -2.15. The quantitative estimate of drug-likeness (QED) is 0.531. The highest BCUT2D eigenvalue weighted by molar-refractivity contribution is 5.80. The Hall–Kier alpha value is -1.05. The highest BCUT2D eigenvalue weighted by Gasteiger charge is 2.01. The predicted molar refractivity (Wildman–Crippen MR) is 42.3 cm³/mol. The van der Waals surface area contributed by atoms with Gasteiger partial charge < -0.3 is 4.90 Å². The summed E-state index contributed by atoms with van der Waals surface area (Å²) in [5, 5.41) is 0. The minimum atomic E-state index is -0.195. The molecule has 0 unspecified atom stereocenters. The molecule has 1 radical (unpaired) electrons. The minimum Gasteiger partial charge on any atom is -0.335 e. The Labute approximate surface area is 61.8 Å². The van der Waals surface area contributed by atoms with E-state index < -0.39 is 0 Å². The van der Waals surface area contributed by atoms with E-state index in [2.05, 4.69) is 20.1 Å². The smallest absolute Gasteiger partial charge is 0.223 e. The van der Waals surface area contributed by atoms with Crippen LogP contribution < -0.4 is 0 Å². The van der Waals surface area contributed by atoms with Crippen molar-refractivity contribution in [2.24, 2.45) is 0 Å². The van der Waals surface area contributed by atoms with Crippen LogP contribution in [-0.4, -0.2) is 23.9 Å². The lowest BCUT2D eigenvalue weighted by Crippen LogP contribution is -2.28. The molecule has 0 aliphatic heterocycles. The van der Waals surface area contributed by atoms with Crippen LogP contribution in [0.25, 0.3) is 0 Å². The molecule has 0 aliphatic rings. The largest absolute Gasteiger partial charge is 0.335 e. The number of hydrogen-bond acceptors (Lipinski definition) is 1. The minimum absolute atomic E-state index is 0.195. The molecular weight excluding hydrogens is 126 g/mol. The van der Waals surface area contributed by atoms with Crippen molar-refractivity contribution >= 4 is 5.91 Å². The predicted octanol–water partition coefficient (Wildman–Crippen LogP) is 1.02. The van der Waals surface area contributed by atoms with Crippen molar-refractivity contribution in [3.05, 3.63) is 32.2 Å². The molecular formula is C8H12NO. The third-order valence-electron chi connectivity index (χ3n) is 1.05. The summed E-state index contributed by atoms with van der Waals surface area (Å²) in [4.78, 5) is 12.2. The van der Waals surface area contributed by atoms with Crippen LogP contribution in [0, 0.1) is 6.92 Å². The average Bonchev–Trinajstić information content (AvgIpc) is 1.87. The molecule has 2 heteroatoms. The lowest BCUT2D eigenvalue weighted by atomic mass is 10.4. The fourth-order valence-corrected chi connectivity index (χ4v) is 0.590. The fourth-order valence-electron chi connectivity index (χ4n) is 0.590. The van der Waals surface area contributed by atoms with Gasteiger partial charge in [-0.3, -0.25) is 4.79 Å².